The summed E-state index contributed by atoms with van der Waals surface area (Å²) in [5.74, 6) is -0.109. The molecule has 5 rings (SSSR count). The van der Waals surface area contributed by atoms with Crippen molar-refractivity contribution in [3.05, 3.63) is 101 Å². The maximum atomic E-state index is 13.3. The fourth-order valence-electron chi connectivity index (χ4n) is 4.84. The van der Waals surface area contributed by atoms with E-state index < -0.39 is 17.7 Å². The average molecular weight is 470 g/mol. The number of nitrogens with zero attached hydrogens (tertiary/aromatic N) is 1. The molecule has 2 aliphatic rings. The van der Waals surface area contributed by atoms with Crippen LogP contribution in [0.3, 0.4) is 0 Å². The van der Waals surface area contributed by atoms with Crippen molar-refractivity contribution in [2.75, 3.05) is 6.61 Å². The lowest BCUT2D eigenvalue weighted by Gasteiger charge is -2.26. The van der Waals surface area contributed by atoms with Crippen LogP contribution in [0, 0.1) is 0 Å². The highest BCUT2D eigenvalue weighted by Gasteiger charge is 2.46. The second-order valence-corrected chi connectivity index (χ2v) is 8.87. The number of ether oxygens (including phenoxy) is 2. The number of aliphatic hydroxyl groups is 1. The molecular weight excluding hydrogens is 442 g/mol. The summed E-state index contributed by atoms with van der Waals surface area (Å²) in [6.07, 6.45) is 0.777. The van der Waals surface area contributed by atoms with Crippen molar-refractivity contribution >= 4 is 17.4 Å². The molecule has 2 atom stereocenters. The number of likely N-dealkylation sites (tertiary alicyclic amines) is 1. The monoisotopic (exact) mass is 469 g/mol. The van der Waals surface area contributed by atoms with E-state index in [-0.39, 0.29) is 24.0 Å². The Morgan fingerprint density at radius 3 is 2.63 bits per heavy atom. The van der Waals surface area contributed by atoms with Crippen LogP contribution in [0.25, 0.3) is 5.76 Å². The van der Waals surface area contributed by atoms with Gasteiger partial charge in [0.05, 0.1) is 18.2 Å². The van der Waals surface area contributed by atoms with Crippen LogP contribution in [0.1, 0.15) is 42.1 Å². The smallest absolute Gasteiger partial charge is 0.295 e. The molecule has 1 amide bonds. The maximum Gasteiger partial charge on any atom is 0.295 e. The molecule has 1 fully saturated rings. The van der Waals surface area contributed by atoms with Gasteiger partial charge in [-0.15, -0.1) is 0 Å². The first-order chi connectivity index (χ1) is 17.0. The van der Waals surface area contributed by atoms with E-state index in [9.17, 15) is 14.7 Å². The summed E-state index contributed by atoms with van der Waals surface area (Å²) in [5.41, 5.74) is 3.13. The third-order valence-corrected chi connectivity index (χ3v) is 6.39. The van der Waals surface area contributed by atoms with Gasteiger partial charge in [0, 0.05) is 18.5 Å². The topological polar surface area (TPSA) is 76.1 Å². The Labute approximate surface area is 204 Å². The van der Waals surface area contributed by atoms with E-state index in [1.165, 1.54) is 4.90 Å². The van der Waals surface area contributed by atoms with Crippen molar-refractivity contribution in [3.8, 4) is 11.5 Å². The molecule has 2 heterocycles. The Kier molecular flexibility index (Phi) is 6.03. The SMILES string of the molecule is CCOc1cccc([C@H]2/C(=C(\O)c3ccc4c(c3)C[C@@H](C)O4)C(=O)C(=O)N2Cc2ccccc2)c1. The third kappa shape index (κ3) is 4.28. The van der Waals surface area contributed by atoms with Crippen molar-refractivity contribution in [1.29, 1.82) is 0 Å². The number of carbonyl (C=O) groups excluding carboxylic acids is 2. The van der Waals surface area contributed by atoms with E-state index >= 15 is 0 Å². The predicted molar refractivity (Wildman–Crippen MR) is 132 cm³/mol. The van der Waals surface area contributed by atoms with Gasteiger partial charge in [0.1, 0.15) is 23.4 Å². The zero-order valence-electron chi connectivity index (χ0n) is 19.7. The molecular formula is C29H27NO5. The number of carbonyl (C=O) groups is 2. The fourth-order valence-corrected chi connectivity index (χ4v) is 4.84. The minimum atomic E-state index is -0.751. The quantitative estimate of drug-likeness (QED) is 0.311. The molecule has 2 aliphatic heterocycles. The number of Topliss-reactive ketones (excluding diaryl/α,β-unsaturated/α-hetero) is 1. The maximum absolute atomic E-state index is 13.3. The number of benzene rings is 3. The van der Waals surface area contributed by atoms with Crippen LogP contribution < -0.4 is 9.47 Å². The normalized spacial score (nSPS) is 20.6. The van der Waals surface area contributed by atoms with Crippen molar-refractivity contribution in [1.82, 2.24) is 4.90 Å². The molecule has 3 aromatic carbocycles. The standard InChI is InChI=1S/C29H27NO5/c1-3-34-23-11-7-10-20(16-23)26-25(27(31)21-12-13-24-22(15-21)14-18(2)35-24)28(32)29(33)30(26)17-19-8-5-4-6-9-19/h4-13,15-16,18,26,31H,3,14,17H2,1-2H3/b27-25+/t18-,26+/m1/s1. The van der Waals surface area contributed by atoms with E-state index in [1.807, 2.05) is 74.5 Å². The zero-order valence-corrected chi connectivity index (χ0v) is 19.7. The molecule has 0 unspecified atom stereocenters. The van der Waals surface area contributed by atoms with Gasteiger partial charge in [-0.25, -0.2) is 0 Å². The highest BCUT2D eigenvalue weighted by Crippen LogP contribution is 2.42. The lowest BCUT2D eigenvalue weighted by atomic mass is 9.94. The summed E-state index contributed by atoms with van der Waals surface area (Å²) in [5, 5.41) is 11.4. The van der Waals surface area contributed by atoms with Gasteiger partial charge in [-0.2, -0.15) is 0 Å². The number of amides is 1. The molecule has 35 heavy (non-hydrogen) atoms. The van der Waals surface area contributed by atoms with Gasteiger partial charge in [-0.05, 0) is 60.9 Å². The first kappa shape index (κ1) is 22.7. The third-order valence-electron chi connectivity index (χ3n) is 6.39. The van der Waals surface area contributed by atoms with Crippen molar-refractivity contribution in [2.45, 2.75) is 39.0 Å². The summed E-state index contributed by atoms with van der Waals surface area (Å²) < 4.78 is 11.4. The minimum absolute atomic E-state index is 0.0557. The lowest BCUT2D eigenvalue weighted by molar-refractivity contribution is -0.140. The van der Waals surface area contributed by atoms with Crippen LogP contribution in [-0.2, 0) is 22.6 Å². The first-order valence-corrected chi connectivity index (χ1v) is 11.8. The Hall–Kier alpha value is -4.06. The summed E-state index contributed by atoms with van der Waals surface area (Å²) in [6, 6.07) is 21.5. The number of ketones is 1. The summed E-state index contributed by atoms with van der Waals surface area (Å²) in [4.78, 5) is 28.1. The average Bonchev–Trinajstić information content (AvgIpc) is 3.35. The van der Waals surface area contributed by atoms with E-state index in [0.29, 0.717) is 23.5 Å². The second-order valence-electron chi connectivity index (χ2n) is 8.87. The van der Waals surface area contributed by atoms with Crippen LogP contribution in [0.4, 0.5) is 0 Å². The molecule has 1 saturated heterocycles. The van der Waals surface area contributed by atoms with E-state index in [0.717, 1.165) is 23.3 Å². The van der Waals surface area contributed by atoms with E-state index in [2.05, 4.69) is 0 Å². The molecule has 0 aliphatic carbocycles. The largest absolute Gasteiger partial charge is 0.507 e. The Morgan fingerprint density at radius 1 is 1.06 bits per heavy atom. The van der Waals surface area contributed by atoms with Gasteiger partial charge in [0.15, 0.2) is 0 Å². The summed E-state index contributed by atoms with van der Waals surface area (Å²) >= 11 is 0. The van der Waals surface area contributed by atoms with Gasteiger partial charge in [0.25, 0.3) is 11.7 Å². The molecule has 0 radical (unpaired) electrons. The van der Waals surface area contributed by atoms with Gasteiger partial charge < -0.3 is 19.5 Å². The number of aliphatic hydroxyl groups excluding tert-OH is 1. The second kappa shape index (κ2) is 9.29. The van der Waals surface area contributed by atoms with Gasteiger partial charge >= 0.3 is 0 Å². The summed E-state index contributed by atoms with van der Waals surface area (Å²) in [7, 11) is 0. The molecule has 0 spiro atoms. The molecule has 0 aromatic heterocycles. The van der Waals surface area contributed by atoms with Crippen LogP contribution in [0.2, 0.25) is 0 Å². The van der Waals surface area contributed by atoms with E-state index in [1.54, 1.807) is 12.1 Å². The number of hydrogen-bond donors (Lipinski definition) is 1. The van der Waals surface area contributed by atoms with Gasteiger partial charge in [0.2, 0.25) is 0 Å². The van der Waals surface area contributed by atoms with Crippen LogP contribution in [0.15, 0.2) is 78.4 Å². The summed E-state index contributed by atoms with van der Waals surface area (Å²) in [6.45, 7) is 4.61. The Bertz CT molecular complexity index is 1310. The fraction of sp³-hybridized carbons (Fsp3) is 0.241. The van der Waals surface area contributed by atoms with Gasteiger partial charge in [-0.1, -0.05) is 42.5 Å². The Balaban J connectivity index is 1.63. The van der Waals surface area contributed by atoms with Crippen LogP contribution in [-0.4, -0.2) is 34.4 Å². The number of hydrogen-bond acceptors (Lipinski definition) is 5. The zero-order chi connectivity index (χ0) is 24.5. The molecule has 178 valence electrons. The van der Waals surface area contributed by atoms with Crippen LogP contribution >= 0.6 is 0 Å². The number of fused-ring (bicyclic) bond motifs is 1. The molecule has 6 heteroatoms. The molecule has 6 nitrogen and oxygen atoms in total. The predicted octanol–water partition coefficient (Wildman–Crippen LogP) is 5.03. The van der Waals surface area contributed by atoms with Gasteiger partial charge in [-0.3, -0.25) is 9.59 Å². The Morgan fingerprint density at radius 2 is 1.86 bits per heavy atom. The van der Waals surface area contributed by atoms with E-state index in [4.69, 9.17) is 9.47 Å². The molecule has 1 N–H and O–H groups in total. The van der Waals surface area contributed by atoms with Crippen molar-refractivity contribution in [2.24, 2.45) is 0 Å². The van der Waals surface area contributed by atoms with Crippen molar-refractivity contribution in [3.63, 3.8) is 0 Å². The lowest BCUT2D eigenvalue weighted by Crippen LogP contribution is -2.29. The highest BCUT2D eigenvalue weighted by atomic mass is 16.5. The molecule has 3 aromatic rings. The minimum Gasteiger partial charge on any atom is -0.507 e. The first-order valence-electron chi connectivity index (χ1n) is 11.8. The van der Waals surface area contributed by atoms with Crippen molar-refractivity contribution < 1.29 is 24.2 Å². The molecule has 0 bridgehead atoms. The molecule has 0 saturated carbocycles. The number of rotatable bonds is 6. The van der Waals surface area contributed by atoms with Crippen LogP contribution in [0.5, 0.6) is 11.5 Å². The highest BCUT2D eigenvalue weighted by molar-refractivity contribution is 6.46.